The van der Waals surface area contributed by atoms with E-state index in [2.05, 4.69) is 39.6 Å². The largest absolute Gasteiger partial charge is 0.384 e. The average Bonchev–Trinajstić information content (AvgIpc) is 2.50. The first-order valence-electron chi connectivity index (χ1n) is 7.07. The van der Waals surface area contributed by atoms with Crippen molar-refractivity contribution in [1.82, 2.24) is 0 Å². The number of carbonyl (C=O) groups excluding carboxylic acids is 1. The topological polar surface area (TPSA) is 41.1 Å². The molecule has 110 valence electrons. The maximum atomic E-state index is 11.9. The molecule has 3 nitrogen and oxygen atoms in total. The van der Waals surface area contributed by atoms with E-state index in [4.69, 9.17) is 0 Å². The number of carbonyl (C=O) groups is 1. The van der Waals surface area contributed by atoms with E-state index < -0.39 is 0 Å². The summed E-state index contributed by atoms with van der Waals surface area (Å²) in [6, 6.07) is 15.8. The van der Waals surface area contributed by atoms with Gasteiger partial charge in [0, 0.05) is 23.1 Å². The molecule has 0 aromatic heterocycles. The summed E-state index contributed by atoms with van der Waals surface area (Å²) in [5, 5.41) is 6.22. The zero-order chi connectivity index (χ0) is 15.1. The van der Waals surface area contributed by atoms with Crippen molar-refractivity contribution in [2.45, 2.75) is 19.8 Å². The van der Waals surface area contributed by atoms with Gasteiger partial charge in [-0.25, -0.2) is 0 Å². The molecular formula is C17H19BrN2O. The highest BCUT2D eigenvalue weighted by molar-refractivity contribution is 9.10. The molecule has 2 aromatic carbocycles. The van der Waals surface area contributed by atoms with Crippen LogP contribution in [0.25, 0.3) is 0 Å². The second kappa shape index (κ2) is 7.84. The number of halogens is 1. The van der Waals surface area contributed by atoms with Gasteiger partial charge >= 0.3 is 0 Å². The van der Waals surface area contributed by atoms with Crippen LogP contribution in [0.5, 0.6) is 0 Å². The van der Waals surface area contributed by atoms with E-state index >= 15 is 0 Å². The lowest BCUT2D eigenvalue weighted by Gasteiger charge is -2.11. The molecule has 0 saturated heterocycles. The van der Waals surface area contributed by atoms with Crippen molar-refractivity contribution in [3.05, 3.63) is 58.6 Å². The smallest absolute Gasteiger partial charge is 0.226 e. The Balaban J connectivity index is 1.83. The highest BCUT2D eigenvalue weighted by atomic mass is 79.9. The van der Waals surface area contributed by atoms with Gasteiger partial charge in [0.2, 0.25) is 5.91 Å². The summed E-state index contributed by atoms with van der Waals surface area (Å²) in [7, 11) is 0. The number of para-hydroxylation sites is 2. The Morgan fingerprint density at radius 3 is 2.43 bits per heavy atom. The Morgan fingerprint density at radius 2 is 1.71 bits per heavy atom. The highest BCUT2D eigenvalue weighted by Crippen LogP contribution is 2.21. The molecule has 21 heavy (non-hydrogen) atoms. The number of hydrogen-bond acceptors (Lipinski definition) is 2. The Kier molecular flexibility index (Phi) is 5.81. The quantitative estimate of drug-likeness (QED) is 0.810. The van der Waals surface area contributed by atoms with Crippen molar-refractivity contribution >= 4 is 33.2 Å². The van der Waals surface area contributed by atoms with Gasteiger partial charge in [-0.3, -0.25) is 4.79 Å². The Labute approximate surface area is 133 Å². The molecule has 0 aliphatic rings. The van der Waals surface area contributed by atoms with Crippen molar-refractivity contribution in [3.63, 3.8) is 0 Å². The highest BCUT2D eigenvalue weighted by Gasteiger charge is 2.05. The van der Waals surface area contributed by atoms with Gasteiger partial charge in [0.05, 0.1) is 5.69 Å². The fourth-order valence-corrected chi connectivity index (χ4v) is 2.47. The number of benzene rings is 2. The van der Waals surface area contributed by atoms with E-state index in [9.17, 15) is 4.79 Å². The molecule has 1 amide bonds. The molecule has 2 rings (SSSR count). The molecule has 2 aromatic rings. The molecule has 0 saturated carbocycles. The van der Waals surface area contributed by atoms with Gasteiger partial charge in [0.25, 0.3) is 0 Å². The average molecular weight is 347 g/mol. The fraction of sp³-hybridized carbons (Fsp3) is 0.235. The molecule has 0 spiro atoms. The molecule has 0 atom stereocenters. The minimum atomic E-state index is 0.00313. The standard InChI is InChI=1S/C17H19BrN2O/c1-2-13-7-3-5-9-15(13)19-12-11-17(21)20-16-10-6-4-8-14(16)18/h3-10,19H,2,11-12H2,1H3,(H,20,21). The van der Waals surface area contributed by atoms with Gasteiger partial charge in [0.15, 0.2) is 0 Å². The number of hydrogen-bond donors (Lipinski definition) is 2. The first-order chi connectivity index (χ1) is 10.2. The van der Waals surface area contributed by atoms with Gasteiger partial charge in [-0.05, 0) is 46.1 Å². The summed E-state index contributed by atoms with van der Waals surface area (Å²) < 4.78 is 0.891. The summed E-state index contributed by atoms with van der Waals surface area (Å²) in [5.74, 6) is 0.00313. The number of anilines is 2. The SMILES string of the molecule is CCc1ccccc1NCCC(=O)Nc1ccccc1Br. The number of amides is 1. The first kappa shape index (κ1) is 15.6. The van der Waals surface area contributed by atoms with Gasteiger partial charge in [0.1, 0.15) is 0 Å². The number of aryl methyl sites for hydroxylation is 1. The second-order valence-electron chi connectivity index (χ2n) is 4.72. The van der Waals surface area contributed by atoms with E-state index in [1.807, 2.05) is 42.5 Å². The molecule has 0 heterocycles. The minimum absolute atomic E-state index is 0.00313. The lowest BCUT2D eigenvalue weighted by Crippen LogP contribution is -2.16. The molecule has 0 aliphatic carbocycles. The van der Waals surface area contributed by atoms with Crippen LogP contribution >= 0.6 is 15.9 Å². The van der Waals surface area contributed by atoms with Crippen LogP contribution in [0.1, 0.15) is 18.9 Å². The van der Waals surface area contributed by atoms with Crippen LogP contribution in [-0.4, -0.2) is 12.5 Å². The van der Waals surface area contributed by atoms with Crippen molar-refractivity contribution in [2.24, 2.45) is 0 Å². The van der Waals surface area contributed by atoms with Gasteiger partial charge in [-0.15, -0.1) is 0 Å². The third-order valence-electron chi connectivity index (χ3n) is 3.21. The normalized spacial score (nSPS) is 10.2. The van der Waals surface area contributed by atoms with Crippen LogP contribution in [-0.2, 0) is 11.2 Å². The first-order valence-corrected chi connectivity index (χ1v) is 7.86. The van der Waals surface area contributed by atoms with Gasteiger partial charge < -0.3 is 10.6 Å². The minimum Gasteiger partial charge on any atom is -0.384 e. The lowest BCUT2D eigenvalue weighted by atomic mass is 10.1. The van der Waals surface area contributed by atoms with E-state index in [1.54, 1.807) is 0 Å². The van der Waals surface area contributed by atoms with Crippen LogP contribution in [0.15, 0.2) is 53.0 Å². The third-order valence-corrected chi connectivity index (χ3v) is 3.91. The molecule has 0 aliphatic heterocycles. The van der Waals surface area contributed by atoms with Gasteiger partial charge in [-0.1, -0.05) is 37.3 Å². The third kappa shape index (κ3) is 4.60. The summed E-state index contributed by atoms with van der Waals surface area (Å²) in [5.41, 5.74) is 3.17. The molecule has 0 fully saturated rings. The van der Waals surface area contributed by atoms with Crippen LogP contribution in [0.3, 0.4) is 0 Å². The summed E-state index contributed by atoms with van der Waals surface area (Å²) >= 11 is 3.42. The Bertz CT molecular complexity index is 613. The fourth-order valence-electron chi connectivity index (χ4n) is 2.09. The van der Waals surface area contributed by atoms with Gasteiger partial charge in [-0.2, -0.15) is 0 Å². The maximum Gasteiger partial charge on any atom is 0.226 e. The van der Waals surface area contributed by atoms with Crippen LogP contribution < -0.4 is 10.6 Å². The van der Waals surface area contributed by atoms with Crippen molar-refractivity contribution in [2.75, 3.05) is 17.2 Å². The van der Waals surface area contributed by atoms with E-state index in [0.29, 0.717) is 13.0 Å². The summed E-state index contributed by atoms with van der Waals surface area (Å²) in [4.78, 5) is 11.9. The second-order valence-corrected chi connectivity index (χ2v) is 5.57. The molecular weight excluding hydrogens is 328 g/mol. The predicted molar refractivity (Wildman–Crippen MR) is 91.7 cm³/mol. The number of rotatable bonds is 6. The van der Waals surface area contributed by atoms with Crippen molar-refractivity contribution < 1.29 is 4.79 Å². The number of nitrogens with one attached hydrogen (secondary N) is 2. The van der Waals surface area contributed by atoms with Crippen LogP contribution in [0.4, 0.5) is 11.4 Å². The van der Waals surface area contributed by atoms with E-state index in [1.165, 1.54) is 5.56 Å². The molecule has 0 radical (unpaired) electrons. The lowest BCUT2D eigenvalue weighted by molar-refractivity contribution is -0.115. The molecule has 2 N–H and O–H groups in total. The van der Waals surface area contributed by atoms with Crippen molar-refractivity contribution in [3.8, 4) is 0 Å². The monoisotopic (exact) mass is 346 g/mol. The zero-order valence-corrected chi connectivity index (χ0v) is 13.6. The van der Waals surface area contributed by atoms with Crippen molar-refractivity contribution in [1.29, 1.82) is 0 Å². The summed E-state index contributed by atoms with van der Waals surface area (Å²) in [6.45, 7) is 2.74. The Morgan fingerprint density at radius 1 is 1.05 bits per heavy atom. The molecule has 0 bridgehead atoms. The van der Waals surface area contributed by atoms with Crippen LogP contribution in [0, 0.1) is 0 Å². The van der Waals surface area contributed by atoms with E-state index in [0.717, 1.165) is 22.3 Å². The predicted octanol–water partition coefficient (Wildman–Crippen LogP) is 4.45. The van der Waals surface area contributed by atoms with Crippen LogP contribution in [0.2, 0.25) is 0 Å². The Hall–Kier alpha value is -1.81. The molecule has 0 unspecified atom stereocenters. The van der Waals surface area contributed by atoms with E-state index in [-0.39, 0.29) is 5.91 Å². The molecule has 4 heteroatoms. The zero-order valence-electron chi connectivity index (χ0n) is 12.0. The maximum absolute atomic E-state index is 11.9. The summed E-state index contributed by atoms with van der Waals surface area (Å²) in [6.07, 6.45) is 1.41.